The predicted octanol–water partition coefficient (Wildman–Crippen LogP) is 3.54. The van der Waals surface area contributed by atoms with Crippen LogP contribution in [0.4, 0.5) is 5.69 Å². The lowest BCUT2D eigenvalue weighted by Crippen LogP contribution is -2.42. The summed E-state index contributed by atoms with van der Waals surface area (Å²) in [6.45, 7) is 8.44. The first-order valence-corrected chi connectivity index (χ1v) is 6.76. The molecule has 0 fully saturated rings. The monoisotopic (exact) mass is 312 g/mol. The first-order chi connectivity index (χ1) is 8.14. The first-order valence-electron chi connectivity index (χ1n) is 5.96. The van der Waals surface area contributed by atoms with Crippen molar-refractivity contribution >= 4 is 27.5 Å². The minimum Gasteiger partial charge on any atom is -0.398 e. The molecular weight excluding hydrogens is 292 g/mol. The Morgan fingerprint density at radius 3 is 2.39 bits per heavy atom. The van der Waals surface area contributed by atoms with E-state index in [0.717, 1.165) is 4.47 Å². The summed E-state index contributed by atoms with van der Waals surface area (Å²) in [6.07, 6.45) is 0. The van der Waals surface area contributed by atoms with Gasteiger partial charge >= 0.3 is 0 Å². The number of nitrogen functional groups attached to an aromatic ring is 1. The van der Waals surface area contributed by atoms with Gasteiger partial charge in [0.15, 0.2) is 0 Å². The van der Waals surface area contributed by atoms with E-state index in [1.165, 1.54) is 0 Å². The second-order valence-electron chi connectivity index (χ2n) is 5.69. The largest absolute Gasteiger partial charge is 0.398 e. The van der Waals surface area contributed by atoms with E-state index in [-0.39, 0.29) is 17.4 Å². The normalized spacial score (nSPS) is 13.2. The van der Waals surface area contributed by atoms with E-state index in [4.69, 9.17) is 5.73 Å². The molecule has 4 heteroatoms. The predicted molar refractivity (Wildman–Crippen MR) is 79.6 cm³/mol. The number of rotatable bonds is 2. The van der Waals surface area contributed by atoms with Crippen LogP contribution in [0.15, 0.2) is 22.7 Å². The first kappa shape index (κ1) is 15.0. The topological polar surface area (TPSA) is 46.3 Å². The molecule has 1 aromatic carbocycles. The fraction of sp³-hybridized carbons (Fsp3) is 0.500. The van der Waals surface area contributed by atoms with Crippen LogP contribution in [0.3, 0.4) is 0 Å². The van der Waals surface area contributed by atoms with E-state index in [1.807, 2.05) is 7.05 Å². The van der Waals surface area contributed by atoms with Crippen LogP contribution in [0.2, 0.25) is 0 Å². The van der Waals surface area contributed by atoms with Crippen molar-refractivity contribution in [3.63, 3.8) is 0 Å². The van der Waals surface area contributed by atoms with Crippen molar-refractivity contribution in [2.75, 3.05) is 12.8 Å². The Bertz CT molecular complexity index is 452. The van der Waals surface area contributed by atoms with Crippen molar-refractivity contribution in [1.29, 1.82) is 0 Å². The number of carbonyl (C=O) groups excluding carboxylic acids is 1. The maximum atomic E-state index is 12.4. The zero-order valence-corrected chi connectivity index (χ0v) is 13.2. The van der Waals surface area contributed by atoms with Crippen LogP contribution >= 0.6 is 15.9 Å². The minimum absolute atomic E-state index is 0.0122. The molecule has 100 valence electrons. The zero-order chi connectivity index (χ0) is 14.1. The van der Waals surface area contributed by atoms with Crippen LogP contribution in [0.5, 0.6) is 0 Å². The number of halogens is 1. The molecule has 0 aliphatic carbocycles. The van der Waals surface area contributed by atoms with Gasteiger partial charge in [-0.25, -0.2) is 0 Å². The number of hydrogen-bond acceptors (Lipinski definition) is 2. The molecule has 0 heterocycles. The fourth-order valence-corrected chi connectivity index (χ4v) is 2.00. The summed E-state index contributed by atoms with van der Waals surface area (Å²) >= 11 is 3.34. The molecular formula is C14H21BrN2O. The highest BCUT2D eigenvalue weighted by atomic mass is 79.9. The third-order valence-electron chi connectivity index (χ3n) is 3.40. The van der Waals surface area contributed by atoms with Crippen LogP contribution in [0.25, 0.3) is 0 Å². The van der Waals surface area contributed by atoms with Crippen LogP contribution in [0.1, 0.15) is 38.1 Å². The maximum Gasteiger partial charge on any atom is 0.253 e. The standard InChI is InChI=1S/C14H21BrN2O/c1-9(14(2,3)4)17(5)13(18)10-6-7-12(16)11(15)8-10/h6-9H,16H2,1-5H3. The molecule has 1 atom stereocenters. The molecule has 0 radical (unpaired) electrons. The minimum atomic E-state index is 0.0122. The van der Waals surface area contributed by atoms with Crippen molar-refractivity contribution < 1.29 is 4.79 Å². The van der Waals surface area contributed by atoms with E-state index in [0.29, 0.717) is 11.3 Å². The van der Waals surface area contributed by atoms with Gasteiger partial charge in [0, 0.05) is 28.8 Å². The van der Waals surface area contributed by atoms with Crippen molar-refractivity contribution in [3.05, 3.63) is 28.2 Å². The molecule has 0 aliphatic rings. The molecule has 0 aromatic heterocycles. The van der Waals surface area contributed by atoms with Crippen molar-refractivity contribution in [2.45, 2.75) is 33.7 Å². The van der Waals surface area contributed by atoms with E-state index < -0.39 is 0 Å². The lowest BCUT2D eigenvalue weighted by atomic mass is 9.87. The number of hydrogen-bond donors (Lipinski definition) is 1. The lowest BCUT2D eigenvalue weighted by molar-refractivity contribution is 0.0629. The third kappa shape index (κ3) is 3.25. The van der Waals surface area contributed by atoms with E-state index in [1.54, 1.807) is 23.1 Å². The quantitative estimate of drug-likeness (QED) is 0.849. The maximum absolute atomic E-state index is 12.4. The van der Waals surface area contributed by atoms with E-state index >= 15 is 0 Å². The van der Waals surface area contributed by atoms with Gasteiger partial charge < -0.3 is 10.6 Å². The Kier molecular flexibility index (Phi) is 4.43. The second kappa shape index (κ2) is 5.31. The Hall–Kier alpha value is -1.03. The van der Waals surface area contributed by atoms with Gasteiger partial charge in [-0.05, 0) is 46.5 Å². The highest BCUT2D eigenvalue weighted by Crippen LogP contribution is 2.26. The molecule has 3 nitrogen and oxygen atoms in total. The Labute approximate surface area is 117 Å². The van der Waals surface area contributed by atoms with E-state index in [2.05, 4.69) is 43.6 Å². The number of amides is 1. The summed E-state index contributed by atoms with van der Waals surface area (Å²) in [7, 11) is 1.84. The molecule has 1 unspecified atom stereocenters. The van der Waals surface area contributed by atoms with Crippen LogP contribution in [-0.2, 0) is 0 Å². The lowest BCUT2D eigenvalue weighted by Gasteiger charge is -2.35. The number of nitrogens with two attached hydrogens (primary N) is 1. The molecule has 0 saturated heterocycles. The Balaban J connectivity index is 2.97. The highest BCUT2D eigenvalue weighted by molar-refractivity contribution is 9.10. The van der Waals surface area contributed by atoms with Crippen LogP contribution in [0, 0.1) is 5.41 Å². The van der Waals surface area contributed by atoms with Gasteiger partial charge in [-0.15, -0.1) is 0 Å². The van der Waals surface area contributed by atoms with Crippen LogP contribution < -0.4 is 5.73 Å². The molecule has 0 saturated carbocycles. The number of benzene rings is 1. The number of anilines is 1. The molecule has 1 aromatic rings. The average Bonchev–Trinajstić information content (AvgIpc) is 2.28. The van der Waals surface area contributed by atoms with Crippen LogP contribution in [-0.4, -0.2) is 23.9 Å². The van der Waals surface area contributed by atoms with E-state index in [9.17, 15) is 4.79 Å². The van der Waals surface area contributed by atoms with Gasteiger partial charge in [0.05, 0.1) is 0 Å². The van der Waals surface area contributed by atoms with Crippen molar-refractivity contribution in [2.24, 2.45) is 5.41 Å². The molecule has 1 rings (SSSR count). The number of nitrogens with zero attached hydrogens (tertiary/aromatic N) is 1. The van der Waals surface area contributed by atoms with Gasteiger partial charge in [-0.2, -0.15) is 0 Å². The van der Waals surface area contributed by atoms with Crippen molar-refractivity contribution in [3.8, 4) is 0 Å². The average molecular weight is 313 g/mol. The van der Waals surface area contributed by atoms with Gasteiger partial charge in [0.1, 0.15) is 0 Å². The summed E-state index contributed by atoms with van der Waals surface area (Å²) in [6, 6.07) is 5.42. The molecule has 0 bridgehead atoms. The Morgan fingerprint density at radius 2 is 1.94 bits per heavy atom. The smallest absolute Gasteiger partial charge is 0.253 e. The van der Waals surface area contributed by atoms with Gasteiger partial charge in [0.25, 0.3) is 5.91 Å². The SMILES string of the molecule is CC(N(C)C(=O)c1ccc(N)c(Br)c1)C(C)(C)C. The second-order valence-corrected chi connectivity index (χ2v) is 6.55. The fourth-order valence-electron chi connectivity index (χ4n) is 1.62. The van der Waals surface area contributed by atoms with Crippen molar-refractivity contribution in [1.82, 2.24) is 4.90 Å². The van der Waals surface area contributed by atoms with Gasteiger partial charge in [0.2, 0.25) is 0 Å². The molecule has 1 amide bonds. The molecule has 18 heavy (non-hydrogen) atoms. The zero-order valence-electron chi connectivity index (χ0n) is 11.6. The van der Waals surface area contributed by atoms with Gasteiger partial charge in [-0.1, -0.05) is 20.8 Å². The summed E-state index contributed by atoms with van der Waals surface area (Å²) in [5.74, 6) is 0.0122. The highest BCUT2D eigenvalue weighted by Gasteiger charge is 2.27. The summed E-state index contributed by atoms with van der Waals surface area (Å²) in [4.78, 5) is 14.1. The molecule has 0 spiro atoms. The molecule has 0 aliphatic heterocycles. The molecule has 2 N–H and O–H groups in total. The third-order valence-corrected chi connectivity index (χ3v) is 4.09. The van der Waals surface area contributed by atoms with Gasteiger partial charge in [-0.3, -0.25) is 4.79 Å². The summed E-state index contributed by atoms with van der Waals surface area (Å²) in [5.41, 5.74) is 7.06. The summed E-state index contributed by atoms with van der Waals surface area (Å²) in [5, 5.41) is 0. The number of carbonyl (C=O) groups is 1. The Morgan fingerprint density at radius 1 is 1.39 bits per heavy atom. The summed E-state index contributed by atoms with van der Waals surface area (Å²) < 4.78 is 0.755.